The molecule has 0 N–H and O–H groups in total. The van der Waals surface area contributed by atoms with Gasteiger partial charge in [0.2, 0.25) is 5.91 Å². The molecule has 162 valence electrons. The number of fused-ring (bicyclic) bond motifs is 2. The highest BCUT2D eigenvalue weighted by atomic mass is 35.5. The normalized spacial score (nSPS) is 12.2. The van der Waals surface area contributed by atoms with Crippen molar-refractivity contribution in [3.8, 4) is 0 Å². The summed E-state index contributed by atoms with van der Waals surface area (Å²) in [5.41, 5.74) is 1.18. The molecule has 9 heteroatoms. The number of halogens is 1. The molecule has 4 rings (SSSR count). The number of aromatic nitrogens is 1. The van der Waals surface area contributed by atoms with E-state index in [1.807, 2.05) is 6.92 Å². The topological polar surface area (TPSA) is 93.6 Å². The fraction of sp³-hybridized carbons (Fsp3) is 0.174. The number of hydrogen-bond donors (Lipinski definition) is 0. The molecule has 1 aliphatic carbocycles. The highest BCUT2D eigenvalue weighted by Crippen LogP contribution is 2.34. The van der Waals surface area contributed by atoms with E-state index in [1.165, 1.54) is 35.3 Å². The number of hydrogen-bond acceptors (Lipinski definition) is 7. The summed E-state index contributed by atoms with van der Waals surface area (Å²) in [6, 6.07) is 9.28. The first-order valence-corrected chi connectivity index (χ1v) is 11.0. The van der Waals surface area contributed by atoms with E-state index in [2.05, 4.69) is 4.98 Å². The summed E-state index contributed by atoms with van der Waals surface area (Å²) in [7, 11) is 0. The van der Waals surface area contributed by atoms with Crippen LogP contribution in [0.2, 0.25) is 5.02 Å². The number of ketones is 2. The van der Waals surface area contributed by atoms with Gasteiger partial charge in [-0.3, -0.25) is 19.3 Å². The van der Waals surface area contributed by atoms with Crippen LogP contribution in [0.1, 0.15) is 61.7 Å². The Bertz CT molecular complexity index is 1280. The van der Waals surface area contributed by atoms with Crippen LogP contribution in [0.15, 0.2) is 41.8 Å². The Morgan fingerprint density at radius 2 is 1.75 bits per heavy atom. The molecule has 1 amide bonds. The molecule has 2 aromatic carbocycles. The van der Waals surface area contributed by atoms with E-state index in [4.69, 9.17) is 16.3 Å². The van der Waals surface area contributed by atoms with Gasteiger partial charge in [0, 0.05) is 35.5 Å². The molecule has 0 saturated heterocycles. The SMILES string of the molecule is CCN(C(C)=O)c1nc(COC(=O)c2ccc3c(c2Cl)C(=O)c2ccccc2C3=O)cs1. The van der Waals surface area contributed by atoms with Gasteiger partial charge in [0.25, 0.3) is 0 Å². The van der Waals surface area contributed by atoms with Crippen LogP contribution >= 0.6 is 22.9 Å². The standard InChI is InChI=1S/C23H17ClN2O5S/c1-3-26(12(2)27)23-25-13(11-32-23)10-31-22(30)17-9-8-16-18(19(17)24)21(29)15-7-5-4-6-14(15)20(16)28/h4-9,11H,3,10H2,1-2H3. The fourth-order valence-corrected chi connectivity index (χ4v) is 4.75. The number of rotatable bonds is 5. The first-order chi connectivity index (χ1) is 15.3. The highest BCUT2D eigenvalue weighted by Gasteiger charge is 2.33. The van der Waals surface area contributed by atoms with E-state index >= 15 is 0 Å². The van der Waals surface area contributed by atoms with Crippen molar-refractivity contribution >= 4 is 51.5 Å². The van der Waals surface area contributed by atoms with Crippen molar-refractivity contribution in [2.24, 2.45) is 0 Å². The molecule has 7 nitrogen and oxygen atoms in total. The summed E-state index contributed by atoms with van der Waals surface area (Å²) in [6.45, 7) is 3.63. The van der Waals surface area contributed by atoms with Crippen molar-refractivity contribution in [3.05, 3.63) is 80.3 Å². The van der Waals surface area contributed by atoms with E-state index in [1.54, 1.807) is 29.6 Å². The number of carbonyl (C=O) groups is 4. The van der Waals surface area contributed by atoms with E-state index in [9.17, 15) is 19.2 Å². The van der Waals surface area contributed by atoms with Crippen LogP contribution in [0.25, 0.3) is 0 Å². The van der Waals surface area contributed by atoms with E-state index in [0.29, 0.717) is 22.9 Å². The molecule has 0 radical (unpaired) electrons. The Kier molecular flexibility index (Phi) is 5.90. The maximum absolute atomic E-state index is 12.9. The van der Waals surface area contributed by atoms with Crippen molar-refractivity contribution in [3.63, 3.8) is 0 Å². The average molecular weight is 469 g/mol. The molecule has 0 bridgehead atoms. The van der Waals surface area contributed by atoms with Crippen LogP contribution in [0.3, 0.4) is 0 Å². The third-order valence-corrected chi connectivity index (χ3v) is 6.37. The third kappa shape index (κ3) is 3.72. The van der Waals surface area contributed by atoms with Crippen LogP contribution in [0.5, 0.6) is 0 Å². The molecular formula is C23H17ClN2O5S. The summed E-state index contributed by atoms with van der Waals surface area (Å²) in [4.78, 5) is 55.9. The lowest BCUT2D eigenvalue weighted by atomic mass is 9.83. The number of amides is 1. The Morgan fingerprint density at radius 3 is 2.41 bits per heavy atom. The lowest BCUT2D eigenvalue weighted by molar-refractivity contribution is -0.116. The Labute approximate surface area is 192 Å². The summed E-state index contributed by atoms with van der Waals surface area (Å²) in [5.74, 6) is -1.61. The molecule has 0 atom stereocenters. The maximum Gasteiger partial charge on any atom is 0.340 e. The summed E-state index contributed by atoms with van der Waals surface area (Å²) < 4.78 is 5.33. The van der Waals surface area contributed by atoms with E-state index in [-0.39, 0.29) is 45.6 Å². The molecule has 0 fully saturated rings. The van der Waals surface area contributed by atoms with Gasteiger partial charge in [-0.25, -0.2) is 9.78 Å². The van der Waals surface area contributed by atoms with Crippen LogP contribution in [-0.2, 0) is 16.1 Å². The Hall–Kier alpha value is -3.36. The van der Waals surface area contributed by atoms with Crippen molar-refractivity contribution in [1.29, 1.82) is 0 Å². The van der Waals surface area contributed by atoms with Gasteiger partial charge in [0.05, 0.1) is 21.8 Å². The van der Waals surface area contributed by atoms with Crippen LogP contribution in [0.4, 0.5) is 5.13 Å². The zero-order valence-corrected chi connectivity index (χ0v) is 18.7. The summed E-state index contributed by atoms with van der Waals surface area (Å²) >= 11 is 7.67. The largest absolute Gasteiger partial charge is 0.456 e. The van der Waals surface area contributed by atoms with Gasteiger partial charge in [0.15, 0.2) is 16.7 Å². The number of esters is 1. The predicted molar refractivity (Wildman–Crippen MR) is 120 cm³/mol. The van der Waals surface area contributed by atoms with E-state index < -0.39 is 11.8 Å². The van der Waals surface area contributed by atoms with Crippen LogP contribution < -0.4 is 4.90 Å². The first kappa shape index (κ1) is 21.9. The third-order valence-electron chi connectivity index (χ3n) is 5.07. The van der Waals surface area contributed by atoms with Gasteiger partial charge in [-0.1, -0.05) is 35.9 Å². The molecule has 1 heterocycles. The molecule has 1 aromatic heterocycles. The highest BCUT2D eigenvalue weighted by molar-refractivity contribution is 7.14. The van der Waals surface area contributed by atoms with E-state index in [0.717, 1.165) is 0 Å². The summed E-state index contributed by atoms with van der Waals surface area (Å²) in [6.07, 6.45) is 0. The molecule has 0 saturated carbocycles. The molecular weight excluding hydrogens is 452 g/mol. The Balaban J connectivity index is 1.56. The van der Waals surface area contributed by atoms with Crippen LogP contribution in [-0.4, -0.2) is 35.0 Å². The second kappa shape index (κ2) is 8.64. The number of nitrogens with zero attached hydrogens (tertiary/aromatic N) is 2. The number of thiazole rings is 1. The number of benzene rings is 2. The summed E-state index contributed by atoms with van der Waals surface area (Å²) in [5, 5.41) is 2.09. The van der Waals surface area contributed by atoms with Crippen molar-refractivity contribution in [2.75, 3.05) is 11.4 Å². The molecule has 1 aliphatic rings. The molecule has 3 aromatic rings. The second-order valence-corrected chi connectivity index (χ2v) is 8.23. The van der Waals surface area contributed by atoms with Gasteiger partial charge < -0.3 is 4.74 Å². The monoisotopic (exact) mass is 468 g/mol. The second-order valence-electron chi connectivity index (χ2n) is 7.01. The quantitative estimate of drug-likeness (QED) is 0.405. The fourth-order valence-electron chi connectivity index (χ4n) is 3.50. The average Bonchev–Trinajstić information content (AvgIpc) is 3.24. The zero-order valence-electron chi connectivity index (χ0n) is 17.2. The molecule has 32 heavy (non-hydrogen) atoms. The van der Waals surface area contributed by atoms with Crippen molar-refractivity contribution in [1.82, 2.24) is 4.98 Å². The van der Waals surface area contributed by atoms with Crippen LogP contribution in [0, 0.1) is 0 Å². The predicted octanol–water partition coefficient (Wildman–Crippen LogP) is 4.30. The smallest absolute Gasteiger partial charge is 0.340 e. The van der Waals surface area contributed by atoms with Gasteiger partial charge >= 0.3 is 5.97 Å². The minimum Gasteiger partial charge on any atom is -0.456 e. The van der Waals surface area contributed by atoms with Gasteiger partial charge in [-0.05, 0) is 19.1 Å². The van der Waals surface area contributed by atoms with Crippen molar-refractivity contribution in [2.45, 2.75) is 20.5 Å². The minimum absolute atomic E-state index is 0.000747. The molecule has 0 aliphatic heterocycles. The van der Waals surface area contributed by atoms with Gasteiger partial charge in [-0.15, -0.1) is 11.3 Å². The van der Waals surface area contributed by atoms with Gasteiger partial charge in [0.1, 0.15) is 6.61 Å². The zero-order chi connectivity index (χ0) is 23.0. The molecule has 0 spiro atoms. The van der Waals surface area contributed by atoms with Gasteiger partial charge in [-0.2, -0.15) is 0 Å². The Morgan fingerprint density at radius 1 is 1.06 bits per heavy atom. The number of ether oxygens (including phenoxy) is 1. The molecule has 0 unspecified atom stereocenters. The maximum atomic E-state index is 12.9. The number of anilines is 1. The lowest BCUT2D eigenvalue weighted by Crippen LogP contribution is -2.27. The minimum atomic E-state index is -0.745. The van der Waals surface area contributed by atoms with Crippen molar-refractivity contribution < 1.29 is 23.9 Å². The lowest BCUT2D eigenvalue weighted by Gasteiger charge is -2.19. The number of carbonyl (C=O) groups excluding carboxylic acids is 4. The first-order valence-electron chi connectivity index (χ1n) is 9.74.